The smallest absolute Gasteiger partial charge is 0.319 e. The topological polar surface area (TPSA) is 62.2 Å². The Morgan fingerprint density at radius 2 is 2.22 bits per heavy atom. The SMILES string of the molecule is CC(C)N(C)c1ccc(NC(=O)NCCn2ccnc2)cc1F. The number of carbonyl (C=O) groups excluding carboxylic acids is 1. The van der Waals surface area contributed by atoms with E-state index in [9.17, 15) is 9.18 Å². The van der Waals surface area contributed by atoms with Crippen molar-refractivity contribution < 1.29 is 9.18 Å². The fourth-order valence-corrected chi connectivity index (χ4v) is 2.04. The molecule has 23 heavy (non-hydrogen) atoms. The number of aromatic nitrogens is 2. The number of carbonyl (C=O) groups is 1. The molecule has 2 amide bonds. The maximum atomic E-state index is 14.1. The summed E-state index contributed by atoms with van der Waals surface area (Å²) in [6, 6.07) is 4.50. The van der Waals surface area contributed by atoms with Crippen LogP contribution in [0.2, 0.25) is 0 Å². The summed E-state index contributed by atoms with van der Waals surface area (Å²) in [5.41, 5.74) is 0.926. The Labute approximate surface area is 135 Å². The van der Waals surface area contributed by atoms with E-state index >= 15 is 0 Å². The normalized spacial score (nSPS) is 10.7. The average molecular weight is 319 g/mol. The van der Waals surface area contributed by atoms with Gasteiger partial charge in [0.1, 0.15) is 5.82 Å². The lowest BCUT2D eigenvalue weighted by Gasteiger charge is -2.24. The van der Waals surface area contributed by atoms with Crippen molar-refractivity contribution in [2.75, 3.05) is 23.8 Å². The monoisotopic (exact) mass is 319 g/mol. The molecular formula is C16H22FN5O. The van der Waals surface area contributed by atoms with Crippen LogP contribution in [-0.4, -0.2) is 35.2 Å². The molecule has 2 N–H and O–H groups in total. The molecule has 0 aliphatic carbocycles. The second-order valence-electron chi connectivity index (χ2n) is 5.55. The number of amides is 2. The second kappa shape index (κ2) is 7.62. The quantitative estimate of drug-likeness (QED) is 0.860. The number of anilines is 2. The highest BCUT2D eigenvalue weighted by molar-refractivity contribution is 5.89. The van der Waals surface area contributed by atoms with Crippen LogP contribution in [0.4, 0.5) is 20.6 Å². The Morgan fingerprint density at radius 1 is 1.43 bits per heavy atom. The third-order valence-corrected chi connectivity index (χ3v) is 3.57. The molecule has 0 saturated heterocycles. The molecule has 0 bridgehead atoms. The molecule has 1 heterocycles. The first kappa shape index (κ1) is 16.8. The predicted molar refractivity (Wildman–Crippen MR) is 89.2 cm³/mol. The molecule has 2 aromatic rings. The highest BCUT2D eigenvalue weighted by Crippen LogP contribution is 2.23. The highest BCUT2D eigenvalue weighted by Gasteiger charge is 2.11. The molecule has 1 aromatic carbocycles. The van der Waals surface area contributed by atoms with Gasteiger partial charge in [-0.15, -0.1) is 0 Å². The zero-order valence-corrected chi connectivity index (χ0v) is 13.6. The third-order valence-electron chi connectivity index (χ3n) is 3.57. The van der Waals surface area contributed by atoms with Gasteiger partial charge in [0.25, 0.3) is 0 Å². The molecule has 0 spiro atoms. The van der Waals surface area contributed by atoms with E-state index in [0.29, 0.717) is 24.5 Å². The van der Waals surface area contributed by atoms with Gasteiger partial charge in [0.15, 0.2) is 0 Å². The average Bonchev–Trinajstić information content (AvgIpc) is 3.00. The van der Waals surface area contributed by atoms with Crippen LogP contribution in [0.3, 0.4) is 0 Å². The first-order chi connectivity index (χ1) is 11.0. The molecule has 0 aliphatic rings. The van der Waals surface area contributed by atoms with Crippen LogP contribution in [0.5, 0.6) is 0 Å². The molecule has 0 radical (unpaired) electrons. The van der Waals surface area contributed by atoms with E-state index in [1.54, 1.807) is 24.7 Å². The Morgan fingerprint density at radius 3 is 2.83 bits per heavy atom. The summed E-state index contributed by atoms with van der Waals surface area (Å²) in [6.45, 7) is 5.05. The van der Waals surface area contributed by atoms with Gasteiger partial charge in [-0.3, -0.25) is 0 Å². The first-order valence-electron chi connectivity index (χ1n) is 7.50. The van der Waals surface area contributed by atoms with Crippen molar-refractivity contribution in [3.8, 4) is 0 Å². The van der Waals surface area contributed by atoms with Gasteiger partial charge in [0, 0.05) is 44.3 Å². The number of hydrogen-bond donors (Lipinski definition) is 2. The van der Waals surface area contributed by atoms with Crippen LogP contribution in [0.15, 0.2) is 36.9 Å². The highest BCUT2D eigenvalue weighted by atomic mass is 19.1. The van der Waals surface area contributed by atoms with Crippen molar-refractivity contribution >= 4 is 17.4 Å². The van der Waals surface area contributed by atoms with E-state index in [0.717, 1.165) is 0 Å². The van der Waals surface area contributed by atoms with Crippen molar-refractivity contribution in [3.05, 3.63) is 42.7 Å². The van der Waals surface area contributed by atoms with E-state index in [-0.39, 0.29) is 17.9 Å². The van der Waals surface area contributed by atoms with Gasteiger partial charge in [-0.1, -0.05) is 0 Å². The summed E-state index contributed by atoms with van der Waals surface area (Å²) >= 11 is 0. The molecular weight excluding hydrogens is 297 g/mol. The van der Waals surface area contributed by atoms with Gasteiger partial charge in [0.2, 0.25) is 0 Å². The molecule has 124 valence electrons. The minimum absolute atomic E-state index is 0.190. The van der Waals surface area contributed by atoms with Crippen LogP contribution < -0.4 is 15.5 Å². The number of halogens is 1. The van der Waals surface area contributed by atoms with Crippen molar-refractivity contribution in [2.24, 2.45) is 0 Å². The van der Waals surface area contributed by atoms with Gasteiger partial charge in [-0.2, -0.15) is 0 Å². The molecule has 0 fully saturated rings. The van der Waals surface area contributed by atoms with E-state index in [1.807, 2.05) is 36.6 Å². The van der Waals surface area contributed by atoms with Crippen molar-refractivity contribution in [1.29, 1.82) is 0 Å². The number of urea groups is 1. The standard InChI is InChI=1S/C16H22FN5O/c1-12(2)21(3)15-5-4-13(10-14(15)17)20-16(23)19-7-9-22-8-6-18-11-22/h4-6,8,10-12H,7,9H2,1-3H3,(H2,19,20,23). The first-order valence-corrected chi connectivity index (χ1v) is 7.50. The van der Waals surface area contributed by atoms with Crippen LogP contribution in [0.25, 0.3) is 0 Å². The molecule has 7 heteroatoms. The molecule has 0 saturated carbocycles. The summed E-state index contributed by atoms with van der Waals surface area (Å²) in [7, 11) is 1.83. The zero-order valence-electron chi connectivity index (χ0n) is 13.6. The second-order valence-corrected chi connectivity index (χ2v) is 5.55. The van der Waals surface area contributed by atoms with Gasteiger partial charge in [0.05, 0.1) is 12.0 Å². The molecule has 1 aromatic heterocycles. The van der Waals surface area contributed by atoms with E-state index in [2.05, 4.69) is 15.6 Å². The fourth-order valence-electron chi connectivity index (χ4n) is 2.04. The van der Waals surface area contributed by atoms with Crippen molar-refractivity contribution in [2.45, 2.75) is 26.4 Å². The van der Waals surface area contributed by atoms with Gasteiger partial charge < -0.3 is 20.1 Å². The van der Waals surface area contributed by atoms with Crippen molar-refractivity contribution in [1.82, 2.24) is 14.9 Å². The third kappa shape index (κ3) is 4.70. The number of benzene rings is 1. The lowest BCUT2D eigenvalue weighted by molar-refractivity contribution is 0.251. The Hall–Kier alpha value is -2.57. The Kier molecular flexibility index (Phi) is 5.56. The predicted octanol–water partition coefficient (Wildman–Crippen LogP) is 2.69. The Balaban J connectivity index is 1.87. The summed E-state index contributed by atoms with van der Waals surface area (Å²) in [5, 5.41) is 5.34. The largest absolute Gasteiger partial charge is 0.370 e. The number of hydrogen-bond acceptors (Lipinski definition) is 3. The lowest BCUT2D eigenvalue weighted by Crippen LogP contribution is -2.31. The lowest BCUT2D eigenvalue weighted by atomic mass is 10.2. The number of nitrogens with one attached hydrogen (secondary N) is 2. The number of imidazole rings is 1. The molecule has 0 aliphatic heterocycles. The van der Waals surface area contributed by atoms with Gasteiger partial charge in [-0.25, -0.2) is 14.2 Å². The summed E-state index contributed by atoms with van der Waals surface area (Å²) < 4.78 is 16.0. The maximum Gasteiger partial charge on any atom is 0.319 e. The van der Waals surface area contributed by atoms with Crippen LogP contribution in [0, 0.1) is 5.82 Å². The van der Waals surface area contributed by atoms with Gasteiger partial charge in [-0.05, 0) is 32.0 Å². The van der Waals surface area contributed by atoms with E-state index in [1.165, 1.54) is 6.07 Å². The Bertz CT molecular complexity index is 642. The maximum absolute atomic E-state index is 14.1. The molecule has 6 nitrogen and oxygen atoms in total. The fraction of sp³-hybridized carbons (Fsp3) is 0.375. The molecule has 0 unspecified atom stereocenters. The van der Waals surface area contributed by atoms with E-state index in [4.69, 9.17) is 0 Å². The summed E-state index contributed by atoms with van der Waals surface area (Å²) in [5.74, 6) is -0.364. The number of rotatable bonds is 6. The van der Waals surface area contributed by atoms with Crippen LogP contribution in [-0.2, 0) is 6.54 Å². The van der Waals surface area contributed by atoms with Crippen molar-refractivity contribution in [3.63, 3.8) is 0 Å². The van der Waals surface area contributed by atoms with Crippen LogP contribution >= 0.6 is 0 Å². The van der Waals surface area contributed by atoms with Gasteiger partial charge >= 0.3 is 6.03 Å². The summed E-state index contributed by atoms with van der Waals surface area (Å²) in [4.78, 5) is 17.6. The zero-order chi connectivity index (χ0) is 16.8. The van der Waals surface area contributed by atoms with Crippen LogP contribution in [0.1, 0.15) is 13.8 Å². The molecule has 2 rings (SSSR count). The molecule has 0 atom stereocenters. The minimum Gasteiger partial charge on any atom is -0.370 e. The van der Waals surface area contributed by atoms with E-state index < -0.39 is 0 Å². The summed E-state index contributed by atoms with van der Waals surface area (Å²) in [6.07, 6.45) is 5.18. The number of nitrogens with zero attached hydrogens (tertiary/aromatic N) is 3. The minimum atomic E-state index is -0.366.